The molecule has 0 bridgehead atoms. The zero-order valence-electron chi connectivity index (χ0n) is 12.7. The molecule has 0 amide bonds. The van der Waals surface area contributed by atoms with Crippen molar-refractivity contribution in [2.75, 3.05) is 20.0 Å². The van der Waals surface area contributed by atoms with E-state index in [1.54, 1.807) is 14.2 Å². The Kier molecular flexibility index (Phi) is 13.0. The number of nitrogens with zero attached hydrogens (tertiary/aromatic N) is 1. The molecule has 0 N–H and O–H groups in total. The van der Waals surface area contributed by atoms with E-state index in [0.29, 0.717) is 0 Å². The second-order valence-electron chi connectivity index (χ2n) is 5.06. The maximum absolute atomic E-state index is 8.38. The van der Waals surface area contributed by atoms with Crippen LogP contribution in [0.3, 0.4) is 0 Å². The fraction of sp³-hybridized carbons (Fsp3) is 0.929. The zero-order chi connectivity index (χ0) is 14.4. The van der Waals surface area contributed by atoms with E-state index < -0.39 is 8.56 Å². The first kappa shape index (κ1) is 19.0. The van der Waals surface area contributed by atoms with Gasteiger partial charge in [-0.15, -0.1) is 0 Å². The summed E-state index contributed by atoms with van der Waals surface area (Å²) in [5.74, 6) is 0.994. The second kappa shape index (κ2) is 13.0. The van der Waals surface area contributed by atoms with E-state index in [4.69, 9.17) is 14.1 Å². The van der Waals surface area contributed by atoms with Gasteiger partial charge in [-0.2, -0.15) is 5.26 Å². The SMILES string of the molecule is CO[Si](C)(CCCCCCCCCCSC#N)OC. The molecule has 0 heterocycles. The van der Waals surface area contributed by atoms with E-state index in [1.165, 1.54) is 63.1 Å². The van der Waals surface area contributed by atoms with Crippen LogP contribution in [0.2, 0.25) is 12.6 Å². The normalized spacial score (nSPS) is 11.5. The summed E-state index contributed by atoms with van der Waals surface area (Å²) in [6, 6.07) is 1.10. The van der Waals surface area contributed by atoms with Gasteiger partial charge in [0.2, 0.25) is 0 Å². The van der Waals surface area contributed by atoms with Crippen LogP contribution in [0.4, 0.5) is 0 Å². The Labute approximate surface area is 124 Å². The third-order valence-corrected chi connectivity index (χ3v) is 7.17. The van der Waals surface area contributed by atoms with Crippen molar-refractivity contribution in [2.45, 2.75) is 64.0 Å². The number of thioether (sulfide) groups is 1. The topological polar surface area (TPSA) is 42.2 Å². The highest BCUT2D eigenvalue weighted by molar-refractivity contribution is 8.03. The lowest BCUT2D eigenvalue weighted by Gasteiger charge is -2.22. The first-order valence-corrected chi connectivity index (χ1v) is 10.8. The first-order valence-electron chi connectivity index (χ1n) is 7.29. The van der Waals surface area contributed by atoms with Crippen molar-refractivity contribution in [2.24, 2.45) is 0 Å². The molecule has 0 atom stereocenters. The first-order chi connectivity index (χ1) is 9.18. The average Bonchev–Trinajstić information content (AvgIpc) is 2.44. The summed E-state index contributed by atoms with van der Waals surface area (Å²) in [6.07, 6.45) is 10.3. The van der Waals surface area contributed by atoms with Crippen LogP contribution < -0.4 is 0 Å². The molecule has 0 rings (SSSR count). The van der Waals surface area contributed by atoms with Gasteiger partial charge in [0, 0.05) is 20.0 Å². The Balaban J connectivity index is 3.21. The lowest BCUT2D eigenvalue weighted by molar-refractivity contribution is 0.248. The van der Waals surface area contributed by atoms with Crippen LogP contribution in [0.15, 0.2) is 0 Å². The minimum atomic E-state index is -1.82. The lowest BCUT2D eigenvalue weighted by Crippen LogP contribution is -2.35. The molecule has 0 unspecified atom stereocenters. The minimum Gasteiger partial charge on any atom is -0.398 e. The quantitative estimate of drug-likeness (QED) is 0.281. The summed E-state index contributed by atoms with van der Waals surface area (Å²) in [7, 11) is 1.71. The van der Waals surface area contributed by atoms with E-state index >= 15 is 0 Å². The standard InChI is InChI=1S/C14H29NO2SSi/c1-16-19(3,17-2)13-11-9-7-5-4-6-8-10-12-18-14-15/h4-13H2,1-3H3. The monoisotopic (exact) mass is 303 g/mol. The summed E-state index contributed by atoms with van der Waals surface area (Å²) in [4.78, 5) is 0. The van der Waals surface area contributed by atoms with E-state index in [9.17, 15) is 0 Å². The fourth-order valence-corrected chi connectivity index (χ4v) is 3.92. The van der Waals surface area contributed by atoms with Gasteiger partial charge in [-0.1, -0.05) is 44.9 Å². The summed E-state index contributed by atoms with van der Waals surface area (Å²) >= 11 is 1.38. The molecule has 0 aliphatic heterocycles. The number of thiocyanates is 1. The van der Waals surface area contributed by atoms with Crippen molar-refractivity contribution < 1.29 is 8.85 Å². The van der Waals surface area contributed by atoms with E-state index in [1.807, 2.05) is 0 Å². The van der Waals surface area contributed by atoms with Gasteiger partial charge < -0.3 is 8.85 Å². The Bertz CT molecular complexity index is 242. The average molecular weight is 304 g/mol. The van der Waals surface area contributed by atoms with Crippen molar-refractivity contribution in [1.82, 2.24) is 0 Å². The highest BCUT2D eigenvalue weighted by Crippen LogP contribution is 2.17. The molecule has 0 aliphatic rings. The van der Waals surface area contributed by atoms with Crippen LogP contribution in [-0.4, -0.2) is 28.5 Å². The van der Waals surface area contributed by atoms with Crippen molar-refractivity contribution in [3.05, 3.63) is 0 Å². The van der Waals surface area contributed by atoms with Crippen LogP contribution in [-0.2, 0) is 8.85 Å². The Hall–Kier alpha value is -0.0231. The van der Waals surface area contributed by atoms with Gasteiger partial charge >= 0.3 is 8.56 Å². The smallest absolute Gasteiger partial charge is 0.334 e. The Morgan fingerprint density at radius 1 is 0.895 bits per heavy atom. The molecular formula is C14H29NO2SSi. The summed E-state index contributed by atoms with van der Waals surface area (Å²) in [5.41, 5.74) is 0. The number of unbranched alkanes of at least 4 members (excludes halogenated alkanes) is 7. The summed E-state index contributed by atoms with van der Waals surface area (Å²) in [6.45, 7) is 2.13. The molecule has 0 aromatic carbocycles. The van der Waals surface area contributed by atoms with Gasteiger partial charge in [0.25, 0.3) is 0 Å². The molecule has 0 saturated carbocycles. The van der Waals surface area contributed by atoms with Gasteiger partial charge in [0.05, 0.1) is 0 Å². The van der Waals surface area contributed by atoms with Crippen LogP contribution in [0.5, 0.6) is 0 Å². The molecule has 0 saturated heterocycles. The lowest BCUT2D eigenvalue weighted by atomic mass is 10.1. The molecular weight excluding hydrogens is 274 g/mol. The maximum atomic E-state index is 8.38. The maximum Gasteiger partial charge on any atom is 0.334 e. The Morgan fingerprint density at radius 3 is 1.84 bits per heavy atom. The highest BCUT2D eigenvalue weighted by atomic mass is 32.2. The molecule has 0 radical (unpaired) electrons. The number of hydrogen-bond acceptors (Lipinski definition) is 4. The summed E-state index contributed by atoms with van der Waals surface area (Å²) < 4.78 is 10.9. The van der Waals surface area contributed by atoms with Gasteiger partial charge in [-0.25, -0.2) is 0 Å². The molecule has 0 fully saturated rings. The number of hydrogen-bond donors (Lipinski definition) is 0. The third kappa shape index (κ3) is 11.5. The van der Waals surface area contributed by atoms with Gasteiger partial charge in [-0.3, -0.25) is 0 Å². The second-order valence-corrected chi connectivity index (χ2v) is 9.52. The summed E-state index contributed by atoms with van der Waals surface area (Å²) in [5, 5.41) is 10.5. The minimum absolute atomic E-state index is 0.994. The molecule has 0 spiro atoms. The molecule has 112 valence electrons. The predicted molar refractivity (Wildman–Crippen MR) is 85.5 cm³/mol. The molecule has 0 aromatic heterocycles. The largest absolute Gasteiger partial charge is 0.398 e. The van der Waals surface area contributed by atoms with Crippen LogP contribution >= 0.6 is 11.8 Å². The molecule has 3 nitrogen and oxygen atoms in total. The van der Waals surface area contributed by atoms with Crippen molar-refractivity contribution in [3.63, 3.8) is 0 Å². The van der Waals surface area contributed by atoms with Crippen molar-refractivity contribution >= 4 is 20.3 Å². The van der Waals surface area contributed by atoms with Crippen LogP contribution in [0.1, 0.15) is 51.4 Å². The molecule has 5 heteroatoms. The van der Waals surface area contributed by atoms with Gasteiger partial charge in [-0.05, 0) is 30.8 Å². The molecule has 19 heavy (non-hydrogen) atoms. The number of nitriles is 1. The van der Waals surface area contributed by atoms with E-state index in [2.05, 4.69) is 11.9 Å². The van der Waals surface area contributed by atoms with Gasteiger partial charge in [0.1, 0.15) is 5.40 Å². The van der Waals surface area contributed by atoms with E-state index in [-0.39, 0.29) is 0 Å². The van der Waals surface area contributed by atoms with Crippen molar-refractivity contribution in [1.29, 1.82) is 5.26 Å². The van der Waals surface area contributed by atoms with Crippen LogP contribution in [0, 0.1) is 10.7 Å². The third-order valence-electron chi connectivity index (χ3n) is 3.56. The predicted octanol–water partition coefficient (Wildman–Crippen LogP) is 4.69. The zero-order valence-corrected chi connectivity index (χ0v) is 14.6. The van der Waals surface area contributed by atoms with Crippen molar-refractivity contribution in [3.8, 4) is 5.40 Å². The fourth-order valence-electron chi connectivity index (χ4n) is 2.01. The molecule has 0 aromatic rings. The van der Waals surface area contributed by atoms with E-state index in [0.717, 1.165) is 11.8 Å². The Morgan fingerprint density at radius 2 is 1.37 bits per heavy atom. The van der Waals surface area contributed by atoms with Gasteiger partial charge in [0.15, 0.2) is 0 Å². The highest BCUT2D eigenvalue weighted by Gasteiger charge is 2.27. The number of rotatable bonds is 13. The molecule has 0 aliphatic carbocycles. The van der Waals surface area contributed by atoms with Crippen LogP contribution in [0.25, 0.3) is 0 Å².